The first-order valence-electron chi connectivity index (χ1n) is 10.8. The molecule has 1 aliphatic rings. The van der Waals surface area contributed by atoms with Crippen molar-refractivity contribution in [2.75, 3.05) is 24.7 Å². The molecule has 1 fully saturated rings. The quantitative estimate of drug-likeness (QED) is 0.505. The molecule has 1 aliphatic carbocycles. The van der Waals surface area contributed by atoms with Gasteiger partial charge in [0, 0.05) is 36.3 Å². The van der Waals surface area contributed by atoms with Crippen LogP contribution in [0, 0.1) is 5.92 Å². The van der Waals surface area contributed by atoms with Crippen molar-refractivity contribution in [2.45, 2.75) is 12.8 Å². The molecule has 160 valence electrons. The predicted octanol–water partition coefficient (Wildman–Crippen LogP) is 1.13. The average molecular weight is 426 g/mol. The molecular weight excluding hydrogens is 402 g/mol. The molecule has 4 rings (SSSR count). The van der Waals surface area contributed by atoms with Crippen molar-refractivity contribution in [2.24, 2.45) is 13.0 Å². The summed E-state index contributed by atoms with van der Waals surface area (Å²) in [5.74, 6) is -0.854. The number of methoxy groups -OCH3 is 1. The summed E-state index contributed by atoms with van der Waals surface area (Å²) in [6, 6.07) is 2.98. The van der Waals surface area contributed by atoms with Crippen LogP contribution in [0.4, 0.5) is 17.2 Å². The summed E-state index contributed by atoms with van der Waals surface area (Å²) in [6.45, 7) is -2.73. The van der Waals surface area contributed by atoms with E-state index in [1.807, 2.05) is 5.32 Å². The van der Waals surface area contributed by atoms with Gasteiger partial charge in [-0.15, -0.1) is 10.2 Å². The molecule has 0 aromatic carbocycles. The van der Waals surface area contributed by atoms with Gasteiger partial charge in [-0.2, -0.15) is 15.0 Å². The lowest BCUT2D eigenvalue weighted by atomic mass is 10.2. The fourth-order valence-corrected chi connectivity index (χ4v) is 2.88. The molecule has 0 spiro atoms. The number of nitrogens with one attached hydrogen (secondary N) is 3. The Morgan fingerprint density at radius 3 is 2.81 bits per heavy atom. The van der Waals surface area contributed by atoms with Crippen LogP contribution >= 0.6 is 0 Å². The Balaban J connectivity index is 1.72. The first-order chi connectivity index (χ1) is 16.1. The van der Waals surface area contributed by atoms with Crippen molar-refractivity contribution in [1.82, 2.24) is 35.5 Å². The van der Waals surface area contributed by atoms with Gasteiger partial charge in [0.25, 0.3) is 5.91 Å². The van der Waals surface area contributed by atoms with Crippen LogP contribution < -0.4 is 20.7 Å². The molecule has 0 unspecified atom stereocenters. The lowest BCUT2D eigenvalue weighted by molar-refractivity contribution is -0.117. The molecule has 1 saturated carbocycles. The van der Waals surface area contributed by atoms with Crippen LogP contribution in [0.15, 0.2) is 24.5 Å². The minimum atomic E-state index is -2.73. The van der Waals surface area contributed by atoms with Crippen molar-refractivity contribution in [3.05, 3.63) is 30.2 Å². The third-order valence-corrected chi connectivity index (χ3v) is 4.54. The van der Waals surface area contributed by atoms with E-state index in [4.69, 9.17) is 8.85 Å². The van der Waals surface area contributed by atoms with Crippen LogP contribution in [0.25, 0.3) is 11.4 Å². The van der Waals surface area contributed by atoms with Gasteiger partial charge in [0.15, 0.2) is 17.3 Å². The summed E-state index contributed by atoms with van der Waals surface area (Å²) in [4.78, 5) is 30.4. The SMILES string of the molecule is [2H]C([2H])([2H])NC(=O)c1nnc(NC(=O)C2CC2)cc1Nc1ccnc(-c2cnn(C)n2)c1OC. The maximum atomic E-state index is 12.6. The van der Waals surface area contributed by atoms with E-state index in [1.165, 1.54) is 30.4 Å². The Hall–Kier alpha value is -4.09. The number of hydrogen-bond donors (Lipinski definition) is 3. The molecule has 0 atom stereocenters. The van der Waals surface area contributed by atoms with Crippen LogP contribution in [0.5, 0.6) is 5.75 Å². The van der Waals surface area contributed by atoms with Gasteiger partial charge in [-0.1, -0.05) is 0 Å². The fraction of sp³-hybridized carbons (Fsp3) is 0.316. The summed E-state index contributed by atoms with van der Waals surface area (Å²) in [5.41, 5.74) is 1.03. The van der Waals surface area contributed by atoms with Gasteiger partial charge in [-0.25, -0.2) is 0 Å². The molecule has 12 nitrogen and oxygen atoms in total. The molecule has 0 aliphatic heterocycles. The lowest BCUT2D eigenvalue weighted by Crippen LogP contribution is -2.22. The van der Waals surface area contributed by atoms with Gasteiger partial charge in [-0.3, -0.25) is 14.6 Å². The van der Waals surface area contributed by atoms with Crippen LogP contribution in [0.1, 0.15) is 27.4 Å². The molecule has 0 saturated heterocycles. The zero-order chi connectivity index (χ0) is 24.5. The number of rotatable bonds is 7. The summed E-state index contributed by atoms with van der Waals surface area (Å²) >= 11 is 0. The molecule has 2 amide bonds. The normalized spacial score (nSPS) is 14.7. The van der Waals surface area contributed by atoms with Crippen LogP contribution in [-0.4, -0.2) is 56.1 Å². The van der Waals surface area contributed by atoms with Crippen molar-refractivity contribution in [3.63, 3.8) is 0 Å². The molecule has 12 heteroatoms. The summed E-state index contributed by atoms with van der Waals surface area (Å²) < 4.78 is 27.5. The standard InChI is InChI=1S/C19H21N9O3/c1-20-19(30)16-12(8-14(25-26-16)24-18(29)10-4-5-10)23-11-6-7-21-15(17(11)31-3)13-9-22-28(2)27-13/h6-10H,4-5H2,1-3H3,(H,20,30)(H2,21,23,24,25,29)/i1D3. The number of anilines is 3. The molecule has 3 aromatic heterocycles. The number of amides is 2. The highest BCUT2D eigenvalue weighted by Gasteiger charge is 2.30. The molecule has 0 bridgehead atoms. The monoisotopic (exact) mass is 426 g/mol. The van der Waals surface area contributed by atoms with Crippen LogP contribution in [0.3, 0.4) is 0 Å². The van der Waals surface area contributed by atoms with Gasteiger partial charge in [0.1, 0.15) is 11.4 Å². The number of aryl methyl sites for hydroxylation is 1. The number of hydrogen-bond acceptors (Lipinski definition) is 9. The third-order valence-electron chi connectivity index (χ3n) is 4.54. The van der Waals surface area contributed by atoms with Gasteiger partial charge in [0.2, 0.25) is 5.91 Å². The third kappa shape index (κ3) is 4.27. The van der Waals surface area contributed by atoms with E-state index < -0.39 is 12.9 Å². The maximum absolute atomic E-state index is 12.6. The number of nitrogens with zero attached hydrogens (tertiary/aromatic N) is 6. The first-order valence-corrected chi connectivity index (χ1v) is 9.32. The van der Waals surface area contributed by atoms with E-state index in [2.05, 4.69) is 36.0 Å². The van der Waals surface area contributed by atoms with Crippen LogP contribution in [0.2, 0.25) is 0 Å². The summed E-state index contributed by atoms with van der Waals surface area (Å²) in [7, 11) is 3.10. The second kappa shape index (κ2) is 8.34. The Bertz CT molecular complexity index is 1240. The van der Waals surface area contributed by atoms with Crippen molar-refractivity contribution >= 4 is 29.0 Å². The van der Waals surface area contributed by atoms with E-state index in [-0.39, 0.29) is 29.0 Å². The topological polar surface area (TPSA) is 149 Å². The number of carbonyl (C=O) groups is 2. The van der Waals surface area contributed by atoms with Crippen molar-refractivity contribution in [3.8, 4) is 17.1 Å². The number of aromatic nitrogens is 6. The first kappa shape index (κ1) is 16.7. The lowest BCUT2D eigenvalue weighted by Gasteiger charge is -2.15. The minimum Gasteiger partial charge on any atom is -0.492 e. The highest BCUT2D eigenvalue weighted by atomic mass is 16.5. The number of ether oxygens (including phenoxy) is 1. The zero-order valence-corrected chi connectivity index (χ0v) is 16.7. The van der Waals surface area contributed by atoms with Gasteiger partial charge >= 0.3 is 0 Å². The molecule has 3 aromatic rings. The predicted molar refractivity (Wildman–Crippen MR) is 111 cm³/mol. The molecule has 3 heterocycles. The fourth-order valence-electron chi connectivity index (χ4n) is 2.88. The number of pyridine rings is 1. The molecule has 0 radical (unpaired) electrons. The second-order valence-corrected chi connectivity index (χ2v) is 6.79. The Morgan fingerprint density at radius 2 is 2.13 bits per heavy atom. The van der Waals surface area contributed by atoms with E-state index in [9.17, 15) is 9.59 Å². The van der Waals surface area contributed by atoms with E-state index in [0.717, 1.165) is 12.8 Å². The summed E-state index contributed by atoms with van der Waals surface area (Å²) in [5, 5.41) is 23.5. The summed E-state index contributed by atoms with van der Waals surface area (Å²) in [6.07, 6.45) is 4.61. The van der Waals surface area contributed by atoms with Gasteiger partial charge in [-0.05, 0) is 18.9 Å². The Labute approximate surface area is 181 Å². The maximum Gasteiger partial charge on any atom is 0.273 e. The van der Waals surface area contributed by atoms with E-state index in [1.54, 1.807) is 13.1 Å². The van der Waals surface area contributed by atoms with Crippen molar-refractivity contribution < 1.29 is 18.4 Å². The largest absolute Gasteiger partial charge is 0.492 e. The molecular formula is C19H21N9O3. The van der Waals surface area contributed by atoms with E-state index >= 15 is 0 Å². The zero-order valence-electron chi connectivity index (χ0n) is 19.7. The second-order valence-electron chi connectivity index (χ2n) is 6.79. The van der Waals surface area contributed by atoms with Gasteiger partial charge < -0.3 is 20.7 Å². The smallest absolute Gasteiger partial charge is 0.273 e. The highest BCUT2D eigenvalue weighted by molar-refractivity contribution is 6.00. The van der Waals surface area contributed by atoms with Crippen LogP contribution in [-0.2, 0) is 11.8 Å². The Morgan fingerprint density at radius 1 is 1.29 bits per heavy atom. The van der Waals surface area contributed by atoms with Gasteiger partial charge in [0.05, 0.1) is 24.7 Å². The molecule has 31 heavy (non-hydrogen) atoms. The highest BCUT2D eigenvalue weighted by Crippen LogP contribution is 2.36. The number of carbonyl (C=O) groups excluding carboxylic acids is 2. The Kier molecular flexibility index (Phi) is 4.49. The van der Waals surface area contributed by atoms with E-state index in [0.29, 0.717) is 22.8 Å². The average Bonchev–Trinajstić information content (AvgIpc) is 3.53. The molecule has 3 N–H and O–H groups in total. The minimum absolute atomic E-state index is 0.0772. The van der Waals surface area contributed by atoms with Crippen molar-refractivity contribution in [1.29, 1.82) is 0 Å².